The molecule has 0 aliphatic rings. The van der Waals surface area contributed by atoms with Crippen LogP contribution in [-0.4, -0.2) is 16.1 Å². The van der Waals surface area contributed by atoms with Crippen LogP contribution in [0, 0.1) is 0 Å². The molecular weight excluding hydrogens is 498 g/mol. The number of aryl methyl sites for hydroxylation is 1. The van der Waals surface area contributed by atoms with Gasteiger partial charge in [-0.15, -0.1) is 0 Å². The van der Waals surface area contributed by atoms with E-state index >= 15 is 0 Å². The number of benzene rings is 2. The molecule has 0 aliphatic heterocycles. The summed E-state index contributed by atoms with van der Waals surface area (Å²) in [7, 11) is 0. The van der Waals surface area contributed by atoms with Crippen molar-refractivity contribution < 1.29 is 14.6 Å². The average molecular weight is 517 g/mol. The Kier molecular flexibility index (Phi) is 7.61. The maximum atomic E-state index is 10.8. The van der Waals surface area contributed by atoms with Crippen LogP contribution < -0.4 is 4.74 Å². The number of carboxylic acid groups (broad SMARTS) is 1. The molecule has 4 nitrogen and oxygen atoms in total. The van der Waals surface area contributed by atoms with Gasteiger partial charge in [0.2, 0.25) is 0 Å². The third-order valence-corrected chi connectivity index (χ3v) is 5.37. The van der Waals surface area contributed by atoms with Gasteiger partial charge in [-0.05, 0) is 90.9 Å². The first-order valence-corrected chi connectivity index (χ1v) is 10.6. The summed E-state index contributed by atoms with van der Waals surface area (Å²) in [6, 6.07) is 15.9. The summed E-state index contributed by atoms with van der Waals surface area (Å²) in [6.45, 7) is 0.419. The van der Waals surface area contributed by atoms with Crippen molar-refractivity contribution in [1.29, 1.82) is 0 Å². The Balaban J connectivity index is 1.67. The van der Waals surface area contributed by atoms with E-state index in [1.807, 2.05) is 48.5 Å². The van der Waals surface area contributed by atoms with Crippen LogP contribution in [0.5, 0.6) is 5.75 Å². The molecule has 0 amide bonds. The first kappa shape index (κ1) is 21.3. The zero-order valence-electron chi connectivity index (χ0n) is 15.5. The van der Waals surface area contributed by atoms with E-state index in [0.29, 0.717) is 18.8 Å². The highest BCUT2D eigenvalue weighted by molar-refractivity contribution is 9.11. The number of carboxylic acids is 1. The predicted octanol–water partition coefficient (Wildman–Crippen LogP) is 6.37. The molecule has 0 unspecified atom stereocenters. The Bertz CT molecular complexity index is 997. The SMILES string of the molecule is O=C(O)CCc1cc(Br)c(OCc2cccc(C=Cc3ccncc3)c2)c(Br)c1. The van der Waals surface area contributed by atoms with Crippen molar-refractivity contribution in [3.8, 4) is 5.75 Å². The predicted molar refractivity (Wildman–Crippen MR) is 122 cm³/mol. The van der Waals surface area contributed by atoms with Crippen molar-refractivity contribution in [3.05, 3.63) is 92.1 Å². The Labute approximate surface area is 186 Å². The third-order valence-electron chi connectivity index (χ3n) is 4.19. The molecule has 0 bridgehead atoms. The number of nitrogens with zero attached hydrogens (tertiary/aromatic N) is 1. The standard InChI is InChI=1S/C23H19Br2NO3/c24-20-13-18(6-7-22(27)28)14-21(25)23(20)29-15-19-3-1-2-17(12-19)5-4-16-8-10-26-11-9-16/h1-5,8-14H,6-7,15H2,(H,27,28). The molecule has 3 aromatic rings. The van der Waals surface area contributed by atoms with Crippen LogP contribution in [0.1, 0.15) is 28.7 Å². The number of hydrogen-bond acceptors (Lipinski definition) is 3. The quantitative estimate of drug-likeness (QED) is 0.377. The van der Waals surface area contributed by atoms with Crippen LogP contribution in [0.3, 0.4) is 0 Å². The number of aliphatic carboxylic acids is 1. The van der Waals surface area contributed by atoms with Gasteiger partial charge in [0, 0.05) is 18.8 Å². The van der Waals surface area contributed by atoms with Gasteiger partial charge >= 0.3 is 5.97 Å². The molecule has 0 fully saturated rings. The van der Waals surface area contributed by atoms with E-state index in [-0.39, 0.29) is 6.42 Å². The lowest BCUT2D eigenvalue weighted by Crippen LogP contribution is -2.00. The maximum Gasteiger partial charge on any atom is 0.303 e. The summed E-state index contributed by atoms with van der Waals surface area (Å²) in [6.07, 6.45) is 8.21. The third kappa shape index (κ3) is 6.54. The van der Waals surface area contributed by atoms with Crippen LogP contribution in [-0.2, 0) is 17.8 Å². The number of aromatic nitrogens is 1. The fourth-order valence-electron chi connectivity index (χ4n) is 2.75. The first-order valence-electron chi connectivity index (χ1n) is 9.01. The smallest absolute Gasteiger partial charge is 0.303 e. The van der Waals surface area contributed by atoms with Gasteiger partial charge in [-0.2, -0.15) is 0 Å². The minimum Gasteiger partial charge on any atom is -0.487 e. The molecule has 0 saturated heterocycles. The van der Waals surface area contributed by atoms with Gasteiger partial charge in [0.25, 0.3) is 0 Å². The number of rotatable bonds is 8. The van der Waals surface area contributed by atoms with Crippen molar-refractivity contribution in [3.63, 3.8) is 0 Å². The number of halogens is 2. The Morgan fingerprint density at radius 1 is 0.966 bits per heavy atom. The van der Waals surface area contributed by atoms with Gasteiger partial charge in [-0.3, -0.25) is 9.78 Å². The Morgan fingerprint density at radius 2 is 1.66 bits per heavy atom. The maximum absolute atomic E-state index is 10.8. The van der Waals surface area contributed by atoms with Crippen LogP contribution in [0.15, 0.2) is 69.9 Å². The molecule has 3 rings (SSSR count). The van der Waals surface area contributed by atoms with Crippen LogP contribution in [0.2, 0.25) is 0 Å². The highest BCUT2D eigenvalue weighted by atomic mass is 79.9. The lowest BCUT2D eigenvalue weighted by molar-refractivity contribution is -0.136. The van der Waals surface area contributed by atoms with Gasteiger partial charge in [0.15, 0.2) is 0 Å². The molecule has 148 valence electrons. The molecule has 1 aromatic heterocycles. The Hall–Kier alpha value is -2.44. The second kappa shape index (κ2) is 10.4. The van der Waals surface area contributed by atoms with Crippen LogP contribution in [0.25, 0.3) is 12.2 Å². The molecule has 1 heterocycles. The molecule has 0 saturated carbocycles. The van der Waals surface area contributed by atoms with Crippen molar-refractivity contribution in [2.75, 3.05) is 0 Å². The zero-order valence-corrected chi connectivity index (χ0v) is 18.7. The second-order valence-electron chi connectivity index (χ2n) is 6.43. The highest BCUT2D eigenvalue weighted by Gasteiger charge is 2.10. The molecule has 29 heavy (non-hydrogen) atoms. The zero-order chi connectivity index (χ0) is 20.6. The van der Waals surface area contributed by atoms with E-state index in [4.69, 9.17) is 9.84 Å². The van der Waals surface area contributed by atoms with E-state index in [0.717, 1.165) is 31.2 Å². The van der Waals surface area contributed by atoms with Crippen molar-refractivity contribution in [2.45, 2.75) is 19.4 Å². The van der Waals surface area contributed by atoms with Gasteiger partial charge < -0.3 is 9.84 Å². The first-order chi connectivity index (χ1) is 14.0. The number of carbonyl (C=O) groups is 1. The summed E-state index contributed by atoms with van der Waals surface area (Å²) in [5.41, 5.74) is 4.17. The summed E-state index contributed by atoms with van der Waals surface area (Å²) in [5, 5.41) is 8.85. The Morgan fingerprint density at radius 3 is 2.34 bits per heavy atom. The van der Waals surface area contributed by atoms with Gasteiger partial charge in [-0.25, -0.2) is 0 Å². The van der Waals surface area contributed by atoms with Gasteiger partial charge in [0.1, 0.15) is 12.4 Å². The second-order valence-corrected chi connectivity index (χ2v) is 8.14. The molecule has 0 aliphatic carbocycles. The summed E-state index contributed by atoms with van der Waals surface area (Å²) >= 11 is 7.05. The largest absolute Gasteiger partial charge is 0.487 e. The molecule has 1 N–H and O–H groups in total. The van der Waals surface area contributed by atoms with Crippen LogP contribution >= 0.6 is 31.9 Å². The van der Waals surface area contributed by atoms with E-state index in [1.54, 1.807) is 12.4 Å². The number of pyridine rings is 1. The van der Waals surface area contributed by atoms with E-state index in [2.05, 4.69) is 49.0 Å². The normalized spacial score (nSPS) is 11.0. The fraction of sp³-hybridized carbons (Fsp3) is 0.130. The average Bonchev–Trinajstić information content (AvgIpc) is 2.71. The summed E-state index contributed by atoms with van der Waals surface area (Å²) in [5.74, 6) is -0.114. The fourth-order valence-corrected chi connectivity index (χ4v) is 4.27. The van der Waals surface area contributed by atoms with E-state index in [9.17, 15) is 4.79 Å². The van der Waals surface area contributed by atoms with E-state index in [1.165, 1.54) is 0 Å². The van der Waals surface area contributed by atoms with E-state index < -0.39 is 5.97 Å². The van der Waals surface area contributed by atoms with Gasteiger partial charge in [0.05, 0.1) is 8.95 Å². The molecule has 6 heteroatoms. The molecule has 0 atom stereocenters. The van der Waals surface area contributed by atoms with Crippen molar-refractivity contribution in [2.24, 2.45) is 0 Å². The van der Waals surface area contributed by atoms with Gasteiger partial charge in [-0.1, -0.05) is 30.4 Å². The topological polar surface area (TPSA) is 59.4 Å². The van der Waals surface area contributed by atoms with Crippen molar-refractivity contribution >= 4 is 50.0 Å². The molecule has 0 radical (unpaired) electrons. The summed E-state index contributed by atoms with van der Waals surface area (Å²) in [4.78, 5) is 14.8. The number of ether oxygens (including phenoxy) is 1. The minimum atomic E-state index is -0.810. The monoisotopic (exact) mass is 515 g/mol. The number of hydrogen-bond donors (Lipinski definition) is 1. The van der Waals surface area contributed by atoms with Crippen molar-refractivity contribution in [1.82, 2.24) is 4.98 Å². The molecule has 2 aromatic carbocycles. The lowest BCUT2D eigenvalue weighted by Gasteiger charge is -2.12. The van der Waals surface area contributed by atoms with Crippen LogP contribution in [0.4, 0.5) is 0 Å². The highest BCUT2D eigenvalue weighted by Crippen LogP contribution is 2.35. The minimum absolute atomic E-state index is 0.0961. The molecular formula is C23H19Br2NO3. The molecule has 0 spiro atoms. The lowest BCUT2D eigenvalue weighted by atomic mass is 10.1. The summed E-state index contributed by atoms with van der Waals surface area (Å²) < 4.78 is 7.59.